The highest BCUT2D eigenvalue weighted by atomic mass is 35.5. The predicted molar refractivity (Wildman–Crippen MR) is 112 cm³/mol. The van der Waals surface area contributed by atoms with Crippen molar-refractivity contribution in [3.8, 4) is 23.3 Å². The molecule has 1 N–H and O–H groups in total. The number of aromatic nitrogens is 6. The van der Waals surface area contributed by atoms with Crippen molar-refractivity contribution in [2.45, 2.75) is 13.1 Å². The zero-order chi connectivity index (χ0) is 23.3. The Kier molecular flexibility index (Phi) is 4.81. The second-order valence-electron chi connectivity index (χ2n) is 7.05. The minimum Gasteiger partial charge on any atom is -0.467 e. The average molecular weight is 477 g/mol. The third-order valence-electron chi connectivity index (χ3n) is 4.74. The maximum absolute atomic E-state index is 12.9. The van der Waals surface area contributed by atoms with Crippen LogP contribution in [-0.4, -0.2) is 42.7 Å². The molecule has 0 saturated carbocycles. The Morgan fingerprint density at radius 1 is 1.30 bits per heavy atom. The van der Waals surface area contributed by atoms with Crippen molar-refractivity contribution in [3.05, 3.63) is 57.7 Å². The van der Waals surface area contributed by atoms with Crippen molar-refractivity contribution >= 4 is 33.4 Å². The summed E-state index contributed by atoms with van der Waals surface area (Å²) in [4.78, 5) is 21.5. The number of halogens is 4. The van der Waals surface area contributed by atoms with E-state index in [4.69, 9.17) is 20.8 Å². The van der Waals surface area contributed by atoms with Crippen LogP contribution >= 0.6 is 11.6 Å². The molecule has 0 radical (unpaired) electrons. The molecule has 1 aromatic carbocycles. The van der Waals surface area contributed by atoms with E-state index < -0.39 is 18.4 Å². The van der Waals surface area contributed by atoms with Gasteiger partial charge >= 0.3 is 11.8 Å². The normalized spacial score (nSPS) is 12.0. The molecule has 0 atom stereocenters. The van der Waals surface area contributed by atoms with E-state index in [9.17, 15) is 18.0 Å². The molecule has 4 aromatic heterocycles. The molecule has 0 aliphatic heterocycles. The molecule has 13 heteroatoms. The van der Waals surface area contributed by atoms with Crippen LogP contribution in [0.1, 0.15) is 5.56 Å². The summed E-state index contributed by atoms with van der Waals surface area (Å²) < 4.78 is 49.3. The highest BCUT2D eigenvalue weighted by Gasteiger charge is 2.30. The third kappa shape index (κ3) is 3.78. The van der Waals surface area contributed by atoms with Crippen LogP contribution in [0.15, 0.2) is 45.9 Å². The van der Waals surface area contributed by atoms with Crippen LogP contribution in [0.3, 0.4) is 0 Å². The van der Waals surface area contributed by atoms with Crippen LogP contribution < -0.4 is 10.4 Å². The lowest BCUT2D eigenvalue weighted by Gasteiger charge is -2.08. The molecule has 0 aliphatic carbocycles. The van der Waals surface area contributed by atoms with Gasteiger partial charge in [0.05, 0.1) is 22.3 Å². The van der Waals surface area contributed by atoms with Gasteiger partial charge in [-0.15, -0.1) is 5.10 Å². The van der Waals surface area contributed by atoms with E-state index >= 15 is 0 Å². The maximum Gasteiger partial charge on any atom is 0.422 e. The van der Waals surface area contributed by atoms with Gasteiger partial charge in [0.25, 0.3) is 0 Å². The number of benzene rings is 1. The number of hydrogen-bond donors (Lipinski definition) is 1. The number of hydrogen-bond acceptors (Lipinski definition) is 7. The molecule has 0 aliphatic rings. The van der Waals surface area contributed by atoms with Gasteiger partial charge in [-0.2, -0.15) is 18.3 Å². The Morgan fingerprint density at radius 3 is 2.88 bits per heavy atom. The highest BCUT2D eigenvalue weighted by Crippen LogP contribution is 2.31. The summed E-state index contributed by atoms with van der Waals surface area (Å²) in [5.41, 5.74) is 0.763. The van der Waals surface area contributed by atoms with Crippen LogP contribution in [0.4, 0.5) is 13.2 Å². The van der Waals surface area contributed by atoms with Gasteiger partial charge in [-0.05, 0) is 30.7 Å². The van der Waals surface area contributed by atoms with Crippen LogP contribution in [0.25, 0.3) is 39.2 Å². The number of H-pyrrole nitrogens is 1. The zero-order valence-corrected chi connectivity index (χ0v) is 17.4. The molecule has 33 heavy (non-hydrogen) atoms. The lowest BCUT2D eigenvalue weighted by Crippen LogP contribution is -2.19. The fraction of sp³-hybridized carbons (Fsp3) is 0.150. The van der Waals surface area contributed by atoms with E-state index in [2.05, 4.69) is 25.3 Å². The molecule has 0 saturated heterocycles. The first kappa shape index (κ1) is 20.9. The van der Waals surface area contributed by atoms with Crippen molar-refractivity contribution in [1.29, 1.82) is 0 Å². The number of pyridine rings is 1. The molecule has 5 rings (SSSR count). The highest BCUT2D eigenvalue weighted by molar-refractivity contribution is 6.32. The van der Waals surface area contributed by atoms with Gasteiger partial charge in [0.2, 0.25) is 11.8 Å². The van der Waals surface area contributed by atoms with Crippen molar-refractivity contribution in [2.24, 2.45) is 0 Å². The lowest BCUT2D eigenvalue weighted by atomic mass is 10.1. The van der Waals surface area contributed by atoms with Crippen LogP contribution in [0.5, 0.6) is 5.88 Å². The summed E-state index contributed by atoms with van der Waals surface area (Å²) in [5, 5.41) is 11.8. The Labute approximate surface area is 186 Å². The molecule has 0 fully saturated rings. The number of alkyl halides is 3. The second-order valence-corrected chi connectivity index (χ2v) is 7.46. The minimum atomic E-state index is -4.58. The Hall–Kier alpha value is -3.93. The van der Waals surface area contributed by atoms with Gasteiger partial charge in [-0.1, -0.05) is 11.6 Å². The summed E-state index contributed by atoms with van der Waals surface area (Å²) in [6.45, 7) is 0.196. The van der Waals surface area contributed by atoms with Crippen molar-refractivity contribution in [3.63, 3.8) is 0 Å². The molecule has 0 unspecified atom stereocenters. The molecule has 9 nitrogen and oxygen atoms in total. The van der Waals surface area contributed by atoms with Crippen LogP contribution in [-0.2, 0) is 0 Å². The molecular formula is C20H12ClF3N6O3. The topological polar surface area (TPSA) is 112 Å². The van der Waals surface area contributed by atoms with Crippen molar-refractivity contribution < 1.29 is 22.3 Å². The third-order valence-corrected chi connectivity index (χ3v) is 5.03. The number of aryl methyl sites for hydroxylation is 1. The average Bonchev–Trinajstić information content (AvgIpc) is 3.39. The lowest BCUT2D eigenvalue weighted by molar-refractivity contribution is -0.154. The van der Waals surface area contributed by atoms with Crippen molar-refractivity contribution in [2.75, 3.05) is 6.61 Å². The number of rotatable bonds is 4. The smallest absolute Gasteiger partial charge is 0.422 e. The molecule has 5 aromatic rings. The van der Waals surface area contributed by atoms with Gasteiger partial charge in [0, 0.05) is 17.6 Å². The largest absolute Gasteiger partial charge is 0.467 e. The Bertz CT molecular complexity index is 1570. The first-order chi connectivity index (χ1) is 15.7. The summed E-state index contributed by atoms with van der Waals surface area (Å²) in [7, 11) is 0. The molecule has 4 heterocycles. The monoisotopic (exact) mass is 476 g/mol. The van der Waals surface area contributed by atoms with E-state index in [-0.39, 0.29) is 33.7 Å². The Morgan fingerprint density at radius 2 is 2.12 bits per heavy atom. The van der Waals surface area contributed by atoms with E-state index in [1.54, 1.807) is 25.3 Å². The summed E-state index contributed by atoms with van der Waals surface area (Å²) in [6, 6.07) is 6.05. The van der Waals surface area contributed by atoms with Crippen molar-refractivity contribution in [1.82, 2.24) is 29.9 Å². The Balaban J connectivity index is 1.73. The van der Waals surface area contributed by atoms with Crippen LogP contribution in [0, 0.1) is 6.92 Å². The number of fused-ring (bicyclic) bond motifs is 3. The molecular weight excluding hydrogens is 465 g/mol. The summed E-state index contributed by atoms with van der Waals surface area (Å²) in [6.07, 6.45) is -1.59. The fourth-order valence-electron chi connectivity index (χ4n) is 3.37. The van der Waals surface area contributed by atoms with Gasteiger partial charge in [0.1, 0.15) is 11.1 Å². The fourth-order valence-corrected chi connectivity index (χ4v) is 3.57. The maximum atomic E-state index is 12.9. The van der Waals surface area contributed by atoms with Gasteiger partial charge in [0.15, 0.2) is 12.4 Å². The van der Waals surface area contributed by atoms with Crippen LogP contribution in [0.2, 0.25) is 5.02 Å². The van der Waals surface area contributed by atoms with E-state index in [0.29, 0.717) is 22.0 Å². The van der Waals surface area contributed by atoms with E-state index in [1.807, 2.05) is 0 Å². The number of aromatic amines is 1. The van der Waals surface area contributed by atoms with E-state index in [0.717, 1.165) is 10.7 Å². The number of ether oxygens (including phenoxy) is 1. The quantitative estimate of drug-likeness (QED) is 0.413. The molecule has 168 valence electrons. The zero-order valence-electron chi connectivity index (χ0n) is 16.6. The van der Waals surface area contributed by atoms with E-state index in [1.165, 1.54) is 12.3 Å². The van der Waals surface area contributed by atoms with Gasteiger partial charge in [-0.25, -0.2) is 19.4 Å². The molecule has 0 spiro atoms. The summed E-state index contributed by atoms with van der Waals surface area (Å²) >= 11 is 6.21. The standard InChI is InChI=1S/C20H12ClF3N6O3/c1-9-5-10-7-26-28-16(10)14-15(9)27-18(33-19(14)31)12-6-13(32-8-20(22,23)24)29-30(12)17-11(21)3-2-4-25-17/h2-7H,8H2,1H3,(H,26,28). The minimum absolute atomic E-state index is 0.0240. The SMILES string of the molecule is Cc1cc2cn[nH]c2c2c(=O)oc(-c3cc(OCC(F)(F)F)nn3-c3ncccc3Cl)nc12. The molecule has 0 amide bonds. The second kappa shape index (κ2) is 7.59. The first-order valence-corrected chi connectivity index (χ1v) is 9.77. The number of nitrogens with one attached hydrogen (secondary N) is 1. The van der Waals surface area contributed by atoms with Gasteiger partial charge in [-0.3, -0.25) is 5.10 Å². The number of nitrogens with zero attached hydrogens (tertiary/aromatic N) is 5. The predicted octanol–water partition coefficient (Wildman–Crippen LogP) is 4.21. The van der Waals surface area contributed by atoms with Gasteiger partial charge < -0.3 is 9.15 Å². The molecule has 0 bridgehead atoms. The first-order valence-electron chi connectivity index (χ1n) is 9.40. The summed E-state index contributed by atoms with van der Waals surface area (Å²) in [5.74, 6) is -0.499.